The van der Waals surface area contributed by atoms with Gasteiger partial charge in [-0.2, -0.15) is 0 Å². The molecule has 2 atom stereocenters. The first-order chi connectivity index (χ1) is 9.74. The molecule has 0 unspecified atom stereocenters. The highest BCUT2D eigenvalue weighted by molar-refractivity contribution is 5.66. The van der Waals surface area contributed by atoms with Crippen molar-refractivity contribution in [2.75, 3.05) is 0 Å². The summed E-state index contributed by atoms with van der Waals surface area (Å²) in [7, 11) is 0. The third kappa shape index (κ3) is 4.66. The SMILES string of the molecule is CC(C)(C)OC(=O)Oc1ccc([C@@H]2C[C@H]2NC(=O)O)cc1. The summed E-state index contributed by atoms with van der Waals surface area (Å²) >= 11 is 0. The van der Waals surface area contributed by atoms with Gasteiger partial charge in [0.15, 0.2) is 0 Å². The molecule has 2 N–H and O–H groups in total. The molecular weight excluding hydrogens is 274 g/mol. The van der Waals surface area contributed by atoms with Gasteiger partial charge >= 0.3 is 12.2 Å². The number of amides is 1. The van der Waals surface area contributed by atoms with E-state index in [0.29, 0.717) is 5.75 Å². The lowest BCUT2D eigenvalue weighted by Gasteiger charge is -2.18. The van der Waals surface area contributed by atoms with E-state index in [1.165, 1.54) is 0 Å². The van der Waals surface area contributed by atoms with Crippen molar-refractivity contribution < 1.29 is 24.2 Å². The largest absolute Gasteiger partial charge is 0.514 e. The molecule has 0 aromatic heterocycles. The second-order valence-corrected chi connectivity index (χ2v) is 6.03. The lowest BCUT2D eigenvalue weighted by Crippen LogP contribution is -2.26. The van der Waals surface area contributed by atoms with Crippen LogP contribution < -0.4 is 10.1 Å². The Morgan fingerprint density at radius 3 is 2.38 bits per heavy atom. The summed E-state index contributed by atoms with van der Waals surface area (Å²) in [6.07, 6.45) is -0.960. The Morgan fingerprint density at radius 1 is 1.24 bits per heavy atom. The standard InChI is InChI=1S/C15H19NO5/c1-15(2,3)21-14(19)20-10-6-4-9(5-7-10)11-8-12(11)16-13(17)18/h4-7,11-12,16H,8H2,1-3H3,(H,17,18)/t11-,12+/m0/s1. The molecule has 0 aliphatic heterocycles. The minimum atomic E-state index is -1.01. The van der Waals surface area contributed by atoms with Gasteiger partial charge in [0.25, 0.3) is 0 Å². The topological polar surface area (TPSA) is 84.9 Å². The molecule has 114 valence electrons. The molecule has 6 nitrogen and oxygen atoms in total. The number of hydrogen-bond acceptors (Lipinski definition) is 4. The lowest BCUT2D eigenvalue weighted by molar-refractivity contribution is 0.0206. The zero-order valence-corrected chi connectivity index (χ0v) is 12.3. The van der Waals surface area contributed by atoms with Gasteiger partial charge in [-0.3, -0.25) is 0 Å². The molecule has 1 fully saturated rings. The summed E-state index contributed by atoms with van der Waals surface area (Å²) in [5, 5.41) is 11.1. The summed E-state index contributed by atoms with van der Waals surface area (Å²) in [6, 6.07) is 6.98. The van der Waals surface area contributed by atoms with Gasteiger partial charge < -0.3 is 19.9 Å². The summed E-state index contributed by atoms with van der Waals surface area (Å²) in [4.78, 5) is 22.0. The van der Waals surface area contributed by atoms with Crippen molar-refractivity contribution in [2.24, 2.45) is 0 Å². The molecular formula is C15H19NO5. The highest BCUT2D eigenvalue weighted by Gasteiger charge is 2.39. The van der Waals surface area contributed by atoms with Crippen molar-refractivity contribution in [2.45, 2.75) is 44.8 Å². The molecule has 0 bridgehead atoms. The van der Waals surface area contributed by atoms with Crippen LogP contribution in [0.25, 0.3) is 0 Å². The summed E-state index contributed by atoms with van der Waals surface area (Å²) < 4.78 is 10.1. The zero-order chi connectivity index (χ0) is 15.6. The minimum absolute atomic E-state index is 0.0277. The third-order valence-corrected chi connectivity index (χ3v) is 3.00. The number of carbonyl (C=O) groups excluding carboxylic acids is 1. The van der Waals surface area contributed by atoms with E-state index in [1.807, 2.05) is 12.1 Å². The maximum Gasteiger partial charge on any atom is 0.514 e. The number of benzene rings is 1. The second-order valence-electron chi connectivity index (χ2n) is 6.03. The Hall–Kier alpha value is -2.24. The van der Waals surface area contributed by atoms with E-state index in [4.69, 9.17) is 14.6 Å². The van der Waals surface area contributed by atoms with Crippen LogP contribution in [-0.4, -0.2) is 29.0 Å². The highest BCUT2D eigenvalue weighted by atomic mass is 16.7. The van der Waals surface area contributed by atoms with Crippen molar-refractivity contribution in [3.8, 4) is 5.75 Å². The van der Waals surface area contributed by atoms with Gasteiger partial charge in [-0.25, -0.2) is 9.59 Å². The van der Waals surface area contributed by atoms with Crippen LogP contribution in [0.1, 0.15) is 38.7 Å². The Kier molecular flexibility index (Phi) is 4.06. The Balaban J connectivity index is 1.88. The van der Waals surface area contributed by atoms with Gasteiger partial charge in [-0.05, 0) is 44.9 Å². The molecule has 0 heterocycles. The fourth-order valence-corrected chi connectivity index (χ4v) is 2.03. The van der Waals surface area contributed by atoms with Crippen LogP contribution in [0.2, 0.25) is 0 Å². The van der Waals surface area contributed by atoms with Gasteiger partial charge in [0, 0.05) is 12.0 Å². The van der Waals surface area contributed by atoms with E-state index in [1.54, 1.807) is 32.9 Å². The Morgan fingerprint density at radius 2 is 1.86 bits per heavy atom. The van der Waals surface area contributed by atoms with Crippen molar-refractivity contribution >= 4 is 12.2 Å². The predicted octanol–water partition coefficient (Wildman–Crippen LogP) is 3.12. The average Bonchev–Trinajstić information content (AvgIpc) is 3.05. The first-order valence-corrected chi connectivity index (χ1v) is 6.75. The number of carboxylic acid groups (broad SMARTS) is 1. The fraction of sp³-hybridized carbons (Fsp3) is 0.467. The third-order valence-electron chi connectivity index (χ3n) is 3.00. The Labute approximate surface area is 123 Å². The number of ether oxygens (including phenoxy) is 2. The van der Waals surface area contributed by atoms with Crippen LogP contribution in [0.4, 0.5) is 9.59 Å². The molecule has 1 aliphatic rings. The number of hydrogen-bond donors (Lipinski definition) is 2. The predicted molar refractivity (Wildman–Crippen MR) is 75.6 cm³/mol. The van der Waals surface area contributed by atoms with Crippen LogP contribution in [-0.2, 0) is 4.74 Å². The van der Waals surface area contributed by atoms with Crippen LogP contribution in [0.15, 0.2) is 24.3 Å². The summed E-state index contributed by atoms with van der Waals surface area (Å²) in [5.41, 5.74) is 0.422. The van der Waals surface area contributed by atoms with Gasteiger partial charge in [0.2, 0.25) is 0 Å². The average molecular weight is 293 g/mol. The van der Waals surface area contributed by atoms with Crippen LogP contribution in [0.5, 0.6) is 5.75 Å². The van der Waals surface area contributed by atoms with Crippen molar-refractivity contribution in [3.05, 3.63) is 29.8 Å². The molecule has 2 rings (SSSR count). The van der Waals surface area contributed by atoms with E-state index in [0.717, 1.165) is 12.0 Å². The van der Waals surface area contributed by atoms with Crippen LogP contribution in [0.3, 0.4) is 0 Å². The van der Waals surface area contributed by atoms with Gasteiger partial charge in [-0.1, -0.05) is 12.1 Å². The molecule has 1 aromatic rings. The summed E-state index contributed by atoms with van der Waals surface area (Å²) in [6.45, 7) is 5.29. The van der Waals surface area contributed by atoms with Crippen molar-refractivity contribution in [3.63, 3.8) is 0 Å². The lowest BCUT2D eigenvalue weighted by atomic mass is 10.1. The first-order valence-electron chi connectivity index (χ1n) is 6.75. The molecule has 1 aromatic carbocycles. The first kappa shape index (κ1) is 15.2. The maximum absolute atomic E-state index is 11.5. The molecule has 6 heteroatoms. The molecule has 1 saturated carbocycles. The highest BCUT2D eigenvalue weighted by Crippen LogP contribution is 2.41. The van der Waals surface area contributed by atoms with Crippen molar-refractivity contribution in [1.82, 2.24) is 5.32 Å². The van der Waals surface area contributed by atoms with E-state index >= 15 is 0 Å². The van der Waals surface area contributed by atoms with Gasteiger partial charge in [0.05, 0.1) is 0 Å². The molecule has 0 spiro atoms. The van der Waals surface area contributed by atoms with E-state index < -0.39 is 17.8 Å². The van der Waals surface area contributed by atoms with E-state index in [9.17, 15) is 9.59 Å². The fourth-order valence-electron chi connectivity index (χ4n) is 2.03. The smallest absolute Gasteiger partial charge is 0.465 e. The van der Waals surface area contributed by atoms with Crippen molar-refractivity contribution in [1.29, 1.82) is 0 Å². The van der Waals surface area contributed by atoms with Crippen LogP contribution in [0, 0.1) is 0 Å². The number of rotatable bonds is 3. The Bertz CT molecular complexity index is 532. The molecule has 21 heavy (non-hydrogen) atoms. The van der Waals surface area contributed by atoms with E-state index in [2.05, 4.69) is 5.32 Å². The summed E-state index contributed by atoms with van der Waals surface area (Å²) in [5.74, 6) is 0.591. The number of carbonyl (C=O) groups is 2. The zero-order valence-electron chi connectivity index (χ0n) is 12.3. The molecule has 0 radical (unpaired) electrons. The molecule has 0 saturated heterocycles. The van der Waals surface area contributed by atoms with Gasteiger partial charge in [-0.15, -0.1) is 0 Å². The minimum Gasteiger partial charge on any atom is -0.465 e. The molecule has 1 aliphatic carbocycles. The van der Waals surface area contributed by atoms with Gasteiger partial charge in [0.1, 0.15) is 11.4 Å². The quantitative estimate of drug-likeness (QED) is 0.660. The van der Waals surface area contributed by atoms with E-state index in [-0.39, 0.29) is 12.0 Å². The molecule has 1 amide bonds. The maximum atomic E-state index is 11.5. The second kappa shape index (κ2) is 5.63. The number of nitrogens with one attached hydrogen (secondary N) is 1. The normalized spacial score (nSPS) is 20.5. The van der Waals surface area contributed by atoms with Crippen LogP contribution >= 0.6 is 0 Å². The monoisotopic (exact) mass is 293 g/mol.